The first-order chi connectivity index (χ1) is 14.3. The van der Waals surface area contributed by atoms with Crippen LogP contribution in [0.3, 0.4) is 0 Å². The number of rotatable bonds is 5. The molecule has 3 heterocycles. The van der Waals surface area contributed by atoms with Crippen LogP contribution in [0.15, 0.2) is 59.1 Å². The summed E-state index contributed by atoms with van der Waals surface area (Å²) in [4.78, 5) is 4.39. The maximum Gasteiger partial charge on any atom is 0.264 e. The molecule has 1 aliphatic rings. The highest BCUT2D eigenvalue weighted by atomic mass is 16.5. The summed E-state index contributed by atoms with van der Waals surface area (Å²) in [6.45, 7) is 3.22. The second-order valence-electron chi connectivity index (χ2n) is 6.89. The summed E-state index contributed by atoms with van der Waals surface area (Å²) in [5, 5.41) is 12.5. The van der Waals surface area contributed by atoms with Gasteiger partial charge in [-0.3, -0.25) is 0 Å². The van der Waals surface area contributed by atoms with E-state index in [1.54, 1.807) is 0 Å². The van der Waals surface area contributed by atoms with Crippen LogP contribution in [0.1, 0.15) is 28.8 Å². The molecule has 4 aromatic rings. The van der Waals surface area contributed by atoms with E-state index in [2.05, 4.69) is 51.6 Å². The fourth-order valence-electron chi connectivity index (χ4n) is 3.24. The minimum absolute atomic E-state index is 0.0576. The van der Waals surface area contributed by atoms with E-state index in [1.807, 2.05) is 35.0 Å². The molecule has 0 amide bonds. The monoisotopic (exact) mass is 389 g/mol. The summed E-state index contributed by atoms with van der Waals surface area (Å²) in [6, 6.07) is 17.8. The predicted octanol–water partition coefficient (Wildman–Crippen LogP) is 3.49. The van der Waals surface area contributed by atoms with Gasteiger partial charge in [-0.15, -0.1) is 5.10 Å². The Bertz CT molecular complexity index is 1110. The number of para-hydroxylation sites is 1. The van der Waals surface area contributed by atoms with Gasteiger partial charge in [0.25, 0.3) is 5.89 Å². The van der Waals surface area contributed by atoms with Crippen LogP contribution in [-0.2, 0) is 24.5 Å². The van der Waals surface area contributed by atoms with Crippen molar-refractivity contribution in [2.24, 2.45) is 0 Å². The molecule has 29 heavy (non-hydrogen) atoms. The molecular formula is C21H19N5O3. The number of aromatic nitrogens is 5. The van der Waals surface area contributed by atoms with Gasteiger partial charge in [-0.25, -0.2) is 4.68 Å². The molecule has 1 atom stereocenters. The largest absolute Gasteiger partial charge is 0.484 e. The molecule has 8 heteroatoms. The first-order valence-corrected chi connectivity index (χ1v) is 9.37. The molecule has 1 unspecified atom stereocenters. The van der Waals surface area contributed by atoms with Crippen molar-refractivity contribution in [3.63, 3.8) is 0 Å². The van der Waals surface area contributed by atoms with Crippen LogP contribution < -0.4 is 4.74 Å². The Balaban J connectivity index is 1.30. The van der Waals surface area contributed by atoms with Gasteiger partial charge in [-0.2, -0.15) is 4.98 Å². The van der Waals surface area contributed by atoms with Crippen LogP contribution in [0.2, 0.25) is 0 Å². The molecule has 0 fully saturated rings. The van der Waals surface area contributed by atoms with Crippen molar-refractivity contribution in [3.8, 4) is 17.3 Å². The van der Waals surface area contributed by atoms with Crippen LogP contribution in [-0.4, -0.2) is 25.1 Å². The molecule has 8 nitrogen and oxygen atoms in total. The van der Waals surface area contributed by atoms with Crippen molar-refractivity contribution in [3.05, 3.63) is 77.3 Å². The Morgan fingerprint density at radius 1 is 1.10 bits per heavy atom. The maximum absolute atomic E-state index is 6.05. The van der Waals surface area contributed by atoms with Crippen molar-refractivity contribution in [2.45, 2.75) is 32.8 Å². The van der Waals surface area contributed by atoms with Crippen molar-refractivity contribution >= 4 is 0 Å². The fourth-order valence-corrected chi connectivity index (χ4v) is 3.24. The van der Waals surface area contributed by atoms with E-state index in [-0.39, 0.29) is 12.7 Å². The molecule has 5 rings (SSSR count). The Labute approximate surface area is 167 Å². The van der Waals surface area contributed by atoms with Crippen LogP contribution >= 0.6 is 0 Å². The number of fused-ring (bicyclic) bond motifs is 1. The average molecular weight is 389 g/mol. The van der Waals surface area contributed by atoms with E-state index in [9.17, 15) is 0 Å². The van der Waals surface area contributed by atoms with E-state index in [4.69, 9.17) is 14.0 Å². The zero-order valence-electron chi connectivity index (χ0n) is 15.9. The van der Waals surface area contributed by atoms with Crippen LogP contribution in [0.4, 0.5) is 0 Å². The summed E-state index contributed by atoms with van der Waals surface area (Å²) in [5.74, 6) is 1.50. The smallest absolute Gasteiger partial charge is 0.264 e. The Kier molecular flexibility index (Phi) is 4.53. The summed E-state index contributed by atoms with van der Waals surface area (Å²) < 4.78 is 18.8. The second-order valence-corrected chi connectivity index (χ2v) is 6.89. The molecule has 2 aromatic heterocycles. The first-order valence-electron chi connectivity index (χ1n) is 9.37. The molecule has 0 spiro atoms. The van der Waals surface area contributed by atoms with Crippen LogP contribution in [0.25, 0.3) is 11.5 Å². The second kappa shape index (κ2) is 7.48. The first kappa shape index (κ1) is 17.6. The normalized spacial score (nSPS) is 15.8. The van der Waals surface area contributed by atoms with Crippen LogP contribution in [0.5, 0.6) is 5.75 Å². The van der Waals surface area contributed by atoms with Gasteiger partial charge in [0, 0.05) is 0 Å². The van der Waals surface area contributed by atoms with Gasteiger partial charge < -0.3 is 14.0 Å². The Morgan fingerprint density at radius 3 is 2.76 bits per heavy atom. The van der Waals surface area contributed by atoms with Gasteiger partial charge >= 0.3 is 0 Å². The van der Waals surface area contributed by atoms with Crippen molar-refractivity contribution < 1.29 is 14.0 Å². The number of nitrogens with zero attached hydrogens (tertiary/aromatic N) is 5. The zero-order valence-corrected chi connectivity index (χ0v) is 15.9. The zero-order chi connectivity index (χ0) is 19.6. The van der Waals surface area contributed by atoms with E-state index >= 15 is 0 Å². The molecule has 146 valence electrons. The predicted molar refractivity (Wildman–Crippen MR) is 103 cm³/mol. The average Bonchev–Trinajstić information content (AvgIpc) is 3.40. The van der Waals surface area contributed by atoms with Gasteiger partial charge in [0.15, 0.2) is 12.3 Å². The van der Waals surface area contributed by atoms with Gasteiger partial charge in [-0.05, 0) is 24.6 Å². The molecular weight excluding hydrogens is 370 g/mol. The third-order valence-corrected chi connectivity index (χ3v) is 4.83. The van der Waals surface area contributed by atoms with Gasteiger partial charge in [0.2, 0.25) is 5.82 Å². The summed E-state index contributed by atoms with van der Waals surface area (Å²) in [6.07, 6.45) is -0.0576. The highest BCUT2D eigenvalue weighted by Crippen LogP contribution is 2.30. The van der Waals surface area contributed by atoms with E-state index in [0.717, 1.165) is 17.0 Å². The summed E-state index contributed by atoms with van der Waals surface area (Å²) in [5.41, 5.74) is 3.75. The minimum atomic E-state index is -0.0576. The number of hydrogen-bond donors (Lipinski definition) is 0. The lowest BCUT2D eigenvalue weighted by molar-refractivity contribution is -0.00112. The molecule has 0 N–H and O–H groups in total. The maximum atomic E-state index is 6.05. The van der Waals surface area contributed by atoms with Gasteiger partial charge in [0.1, 0.15) is 11.9 Å². The van der Waals surface area contributed by atoms with Crippen molar-refractivity contribution in [2.75, 3.05) is 0 Å². The third-order valence-electron chi connectivity index (χ3n) is 4.83. The quantitative estimate of drug-likeness (QED) is 0.516. The molecule has 1 aliphatic heterocycles. The molecule has 0 bridgehead atoms. The molecule has 0 saturated heterocycles. The summed E-state index contributed by atoms with van der Waals surface area (Å²) >= 11 is 0. The van der Waals surface area contributed by atoms with Gasteiger partial charge in [0.05, 0.1) is 18.8 Å². The van der Waals surface area contributed by atoms with E-state index < -0.39 is 0 Å². The Morgan fingerprint density at radius 2 is 1.93 bits per heavy atom. The van der Waals surface area contributed by atoms with E-state index in [1.165, 1.54) is 5.56 Å². The van der Waals surface area contributed by atoms with Crippen LogP contribution in [0, 0.1) is 6.92 Å². The highest BCUT2D eigenvalue weighted by Gasteiger charge is 2.27. The number of hydrogen-bond acceptors (Lipinski definition) is 7. The standard InChI is InChI=1S/C21H19N5O3/c1-14-7-9-15(10-8-14)18-11-26-17(12-28-18)20(23-25-26)21-22-19(29-24-21)13-27-16-5-3-2-4-6-16/h2-10,18H,11-13H2,1H3. The Hall–Kier alpha value is -3.52. The fraction of sp³-hybridized carbons (Fsp3) is 0.238. The number of benzene rings is 2. The lowest BCUT2D eigenvalue weighted by Gasteiger charge is -2.24. The number of aryl methyl sites for hydroxylation is 1. The molecule has 0 radical (unpaired) electrons. The highest BCUT2D eigenvalue weighted by molar-refractivity contribution is 5.51. The molecule has 2 aromatic carbocycles. The lowest BCUT2D eigenvalue weighted by Crippen LogP contribution is -2.22. The lowest BCUT2D eigenvalue weighted by atomic mass is 10.1. The number of ether oxygens (including phenoxy) is 2. The van der Waals surface area contributed by atoms with Gasteiger partial charge in [-0.1, -0.05) is 58.4 Å². The van der Waals surface area contributed by atoms with Crippen molar-refractivity contribution in [1.82, 2.24) is 25.1 Å². The van der Waals surface area contributed by atoms with E-state index in [0.29, 0.717) is 30.6 Å². The third kappa shape index (κ3) is 3.62. The van der Waals surface area contributed by atoms with Crippen molar-refractivity contribution in [1.29, 1.82) is 0 Å². The molecule has 0 saturated carbocycles. The summed E-state index contributed by atoms with van der Waals surface area (Å²) in [7, 11) is 0. The minimum Gasteiger partial charge on any atom is -0.484 e. The SMILES string of the molecule is Cc1ccc(C2Cn3nnc(-c4noc(COc5ccccc5)n4)c3CO2)cc1. The molecule has 0 aliphatic carbocycles. The topological polar surface area (TPSA) is 88.1 Å².